The summed E-state index contributed by atoms with van der Waals surface area (Å²) in [7, 11) is 0. The Kier molecular flexibility index (Phi) is 6.05. The molecule has 0 aromatic carbocycles. The van der Waals surface area contributed by atoms with Gasteiger partial charge in [0.05, 0.1) is 13.2 Å². The number of aliphatic hydroxyl groups excluding tert-OH is 5. The largest absolute Gasteiger partial charge is 0.394 e. The van der Waals surface area contributed by atoms with E-state index in [2.05, 4.69) is 4.84 Å². The molecule has 5 N–H and O–H groups in total. The topological polar surface area (TPSA) is 154 Å². The van der Waals surface area contributed by atoms with Gasteiger partial charge in [0.1, 0.15) is 18.3 Å². The fraction of sp³-hybridized carbons (Fsp3) is 1.00. The summed E-state index contributed by atoms with van der Waals surface area (Å²) in [4.78, 5) is 13.7. The standard InChI is InChI=1S/C6H13NO8/c8-1-3(10)5(11)6(12)4(2-9)15-7(13)14/h3-6,8-12H,1-2H2/t3-,4-,5+,6+/m0/s1. The first kappa shape index (κ1) is 14.0. The highest BCUT2D eigenvalue weighted by Gasteiger charge is 2.33. The lowest BCUT2D eigenvalue weighted by molar-refractivity contribution is -0.771. The van der Waals surface area contributed by atoms with E-state index >= 15 is 0 Å². The van der Waals surface area contributed by atoms with Crippen LogP contribution in [0.3, 0.4) is 0 Å². The molecule has 90 valence electrons. The van der Waals surface area contributed by atoms with Crippen LogP contribution in [0.25, 0.3) is 0 Å². The molecule has 9 nitrogen and oxygen atoms in total. The van der Waals surface area contributed by atoms with Gasteiger partial charge < -0.3 is 30.4 Å². The first-order valence-corrected chi connectivity index (χ1v) is 4.01. The van der Waals surface area contributed by atoms with Gasteiger partial charge in [0.25, 0.3) is 5.09 Å². The number of rotatable bonds is 7. The molecule has 0 rings (SSSR count). The molecule has 0 saturated carbocycles. The minimum atomic E-state index is -1.89. The van der Waals surface area contributed by atoms with Gasteiger partial charge in [-0.25, -0.2) is 0 Å². The summed E-state index contributed by atoms with van der Waals surface area (Å²) in [6, 6.07) is 0. The van der Waals surface area contributed by atoms with Crippen molar-refractivity contribution in [2.24, 2.45) is 0 Å². The van der Waals surface area contributed by atoms with E-state index in [1.807, 2.05) is 0 Å². The minimum Gasteiger partial charge on any atom is -0.394 e. The van der Waals surface area contributed by atoms with Crippen molar-refractivity contribution in [1.29, 1.82) is 0 Å². The maximum absolute atomic E-state index is 9.90. The lowest BCUT2D eigenvalue weighted by Gasteiger charge is -2.25. The second-order valence-electron chi connectivity index (χ2n) is 2.78. The summed E-state index contributed by atoms with van der Waals surface area (Å²) < 4.78 is 0. The molecule has 0 saturated heterocycles. The van der Waals surface area contributed by atoms with Crippen LogP contribution in [-0.4, -0.2) is 68.2 Å². The molecule has 0 aromatic heterocycles. The molecular weight excluding hydrogens is 214 g/mol. The molecule has 0 aliphatic rings. The van der Waals surface area contributed by atoms with Crippen molar-refractivity contribution in [3.05, 3.63) is 10.1 Å². The average molecular weight is 227 g/mol. The monoisotopic (exact) mass is 227 g/mol. The summed E-state index contributed by atoms with van der Waals surface area (Å²) in [5.74, 6) is 0. The third kappa shape index (κ3) is 4.36. The molecule has 0 unspecified atom stereocenters. The Morgan fingerprint density at radius 2 is 1.67 bits per heavy atom. The van der Waals surface area contributed by atoms with Gasteiger partial charge in [0.15, 0.2) is 6.10 Å². The normalized spacial score (nSPS) is 19.0. The first-order valence-electron chi connectivity index (χ1n) is 4.01. The lowest BCUT2D eigenvalue weighted by atomic mass is 10.0. The molecule has 15 heavy (non-hydrogen) atoms. The van der Waals surface area contributed by atoms with Gasteiger partial charge in [-0.15, -0.1) is 10.1 Å². The van der Waals surface area contributed by atoms with E-state index in [4.69, 9.17) is 20.4 Å². The van der Waals surface area contributed by atoms with Crippen molar-refractivity contribution in [2.45, 2.75) is 24.4 Å². The highest BCUT2D eigenvalue weighted by atomic mass is 17.0. The van der Waals surface area contributed by atoms with Crippen molar-refractivity contribution in [2.75, 3.05) is 13.2 Å². The van der Waals surface area contributed by atoms with E-state index in [1.165, 1.54) is 0 Å². The zero-order valence-electron chi connectivity index (χ0n) is 7.63. The Morgan fingerprint density at radius 3 is 2.00 bits per heavy atom. The van der Waals surface area contributed by atoms with Crippen molar-refractivity contribution < 1.29 is 35.5 Å². The summed E-state index contributed by atoms with van der Waals surface area (Å²) in [5, 5.41) is 52.9. The third-order valence-electron chi connectivity index (χ3n) is 1.71. The lowest BCUT2D eigenvalue weighted by Crippen LogP contribution is -2.48. The maximum atomic E-state index is 9.90. The molecule has 9 heteroatoms. The van der Waals surface area contributed by atoms with Gasteiger partial charge in [-0.05, 0) is 0 Å². The van der Waals surface area contributed by atoms with Crippen molar-refractivity contribution in [3.63, 3.8) is 0 Å². The molecule has 4 atom stereocenters. The Balaban J connectivity index is 4.35. The Morgan fingerprint density at radius 1 is 1.13 bits per heavy atom. The minimum absolute atomic E-state index is 0.838. The van der Waals surface area contributed by atoms with Crippen LogP contribution >= 0.6 is 0 Å². The molecular formula is C6H13NO8. The van der Waals surface area contributed by atoms with Crippen molar-refractivity contribution in [3.8, 4) is 0 Å². The summed E-state index contributed by atoms with van der Waals surface area (Å²) in [6.45, 7) is -1.76. The highest BCUT2D eigenvalue weighted by Crippen LogP contribution is 2.08. The van der Waals surface area contributed by atoms with E-state index in [1.54, 1.807) is 0 Å². The molecule has 0 spiro atoms. The van der Waals surface area contributed by atoms with E-state index in [9.17, 15) is 15.2 Å². The second kappa shape index (κ2) is 6.48. The summed E-state index contributed by atoms with van der Waals surface area (Å²) >= 11 is 0. The zero-order valence-corrected chi connectivity index (χ0v) is 7.63. The van der Waals surface area contributed by atoms with Crippen LogP contribution < -0.4 is 0 Å². The summed E-state index contributed by atoms with van der Waals surface area (Å²) in [5.41, 5.74) is 0. The van der Waals surface area contributed by atoms with Gasteiger partial charge in [-0.1, -0.05) is 0 Å². The molecule has 0 aliphatic heterocycles. The van der Waals surface area contributed by atoms with Gasteiger partial charge in [0, 0.05) is 0 Å². The van der Waals surface area contributed by atoms with Crippen LogP contribution in [0.4, 0.5) is 0 Å². The fourth-order valence-corrected chi connectivity index (χ4v) is 0.870. The van der Waals surface area contributed by atoms with Crippen molar-refractivity contribution in [1.82, 2.24) is 0 Å². The summed E-state index contributed by atoms with van der Waals surface area (Å²) in [6.07, 6.45) is -7.10. The predicted octanol–water partition coefficient (Wildman–Crippen LogP) is -3.37. The Labute approximate surface area is 84.3 Å². The van der Waals surface area contributed by atoms with Gasteiger partial charge in [0.2, 0.25) is 0 Å². The molecule has 0 heterocycles. The van der Waals surface area contributed by atoms with E-state index in [0.717, 1.165) is 0 Å². The molecule has 0 aromatic rings. The van der Waals surface area contributed by atoms with Gasteiger partial charge in [-0.3, -0.25) is 0 Å². The number of hydrogen-bond acceptors (Lipinski definition) is 8. The van der Waals surface area contributed by atoms with E-state index < -0.39 is 42.7 Å². The fourth-order valence-electron chi connectivity index (χ4n) is 0.870. The molecule has 0 aliphatic carbocycles. The van der Waals surface area contributed by atoms with Gasteiger partial charge >= 0.3 is 0 Å². The molecule has 0 fully saturated rings. The average Bonchev–Trinajstić information content (AvgIpc) is 2.22. The highest BCUT2D eigenvalue weighted by molar-refractivity contribution is 4.80. The molecule has 0 radical (unpaired) electrons. The quantitative estimate of drug-likeness (QED) is 0.223. The van der Waals surface area contributed by atoms with Crippen LogP contribution in [0.1, 0.15) is 0 Å². The number of nitrogens with zero attached hydrogens (tertiary/aromatic N) is 1. The van der Waals surface area contributed by atoms with Crippen LogP contribution in [0.15, 0.2) is 0 Å². The zero-order chi connectivity index (χ0) is 12.0. The Hall–Kier alpha value is -1.00. The van der Waals surface area contributed by atoms with Crippen LogP contribution in [0.2, 0.25) is 0 Å². The Bertz CT molecular complexity index is 200. The van der Waals surface area contributed by atoms with E-state index in [0.29, 0.717) is 0 Å². The maximum Gasteiger partial charge on any atom is 0.294 e. The second-order valence-corrected chi connectivity index (χ2v) is 2.78. The van der Waals surface area contributed by atoms with E-state index in [-0.39, 0.29) is 0 Å². The van der Waals surface area contributed by atoms with Gasteiger partial charge in [-0.2, -0.15) is 0 Å². The molecule has 0 bridgehead atoms. The van der Waals surface area contributed by atoms with Crippen LogP contribution in [0, 0.1) is 10.1 Å². The first-order chi connectivity index (χ1) is 6.93. The number of aliphatic hydroxyl groups is 5. The predicted molar refractivity (Wildman–Crippen MR) is 44.1 cm³/mol. The van der Waals surface area contributed by atoms with Crippen LogP contribution in [0.5, 0.6) is 0 Å². The third-order valence-corrected chi connectivity index (χ3v) is 1.71. The van der Waals surface area contributed by atoms with Crippen LogP contribution in [-0.2, 0) is 4.84 Å². The molecule has 0 amide bonds. The van der Waals surface area contributed by atoms with Crippen molar-refractivity contribution >= 4 is 0 Å². The SMILES string of the molecule is O=[N+]([O-])O[C@@H](CO)[C@@H](O)[C@H](O)[C@@H](O)CO. The number of hydrogen-bond donors (Lipinski definition) is 5. The smallest absolute Gasteiger partial charge is 0.294 e.